The lowest BCUT2D eigenvalue weighted by atomic mass is 9.74. The van der Waals surface area contributed by atoms with Crippen molar-refractivity contribution < 1.29 is 9.59 Å². The van der Waals surface area contributed by atoms with Gasteiger partial charge in [-0.2, -0.15) is 0 Å². The fraction of sp³-hybridized carbons (Fsp3) is 0.588. The lowest BCUT2D eigenvalue weighted by molar-refractivity contribution is -0.134. The minimum absolute atomic E-state index is 0.0886. The summed E-state index contributed by atoms with van der Waals surface area (Å²) in [5, 5.41) is 6.39. The highest BCUT2D eigenvalue weighted by molar-refractivity contribution is 6.07. The van der Waals surface area contributed by atoms with Gasteiger partial charge in [-0.25, -0.2) is 4.79 Å². The van der Waals surface area contributed by atoms with Crippen LogP contribution in [0.4, 0.5) is 4.79 Å². The van der Waals surface area contributed by atoms with Crippen molar-refractivity contribution in [1.29, 1.82) is 0 Å². The standard InChI is InChI=1S/C17H22N4O2/c22-15-17(13-5-8-18-9-6-13,14-2-1-7-19-10-14)20-16(23)21(15)11-12-3-4-12/h1-2,7,10,12-13,18H,3-6,8-9,11H2,(H,20,23). The maximum absolute atomic E-state index is 13.3. The van der Waals surface area contributed by atoms with Gasteiger partial charge in [-0.1, -0.05) is 6.07 Å². The largest absolute Gasteiger partial charge is 0.325 e. The quantitative estimate of drug-likeness (QED) is 0.820. The molecule has 3 heterocycles. The number of carbonyl (C=O) groups excluding carboxylic acids is 2. The molecule has 1 aliphatic carbocycles. The molecule has 2 N–H and O–H groups in total. The molecule has 1 unspecified atom stereocenters. The second-order valence-corrected chi connectivity index (χ2v) is 6.86. The lowest BCUT2D eigenvalue weighted by Crippen LogP contribution is -2.53. The van der Waals surface area contributed by atoms with Crippen molar-refractivity contribution in [3.8, 4) is 0 Å². The minimum atomic E-state index is -0.942. The van der Waals surface area contributed by atoms with Crippen molar-refractivity contribution in [3.05, 3.63) is 30.1 Å². The van der Waals surface area contributed by atoms with Crippen LogP contribution in [0.3, 0.4) is 0 Å². The molecule has 3 fully saturated rings. The first-order valence-corrected chi connectivity index (χ1v) is 8.47. The van der Waals surface area contributed by atoms with Gasteiger partial charge in [0, 0.05) is 24.5 Å². The molecular formula is C17H22N4O2. The molecule has 122 valence electrons. The van der Waals surface area contributed by atoms with Gasteiger partial charge < -0.3 is 10.6 Å². The normalized spacial score (nSPS) is 29.0. The van der Waals surface area contributed by atoms with Crippen molar-refractivity contribution in [3.63, 3.8) is 0 Å². The molecule has 0 bridgehead atoms. The summed E-state index contributed by atoms with van der Waals surface area (Å²) in [6.07, 6.45) is 7.40. The van der Waals surface area contributed by atoms with E-state index in [4.69, 9.17) is 0 Å². The SMILES string of the molecule is O=C1NC(c2cccnc2)(C2CCNCC2)C(=O)N1CC1CC1. The predicted octanol–water partition coefficient (Wildman–Crippen LogP) is 1.24. The Morgan fingerprint density at radius 1 is 1.22 bits per heavy atom. The zero-order chi connectivity index (χ0) is 15.9. The molecule has 6 heteroatoms. The number of imide groups is 1. The van der Waals surface area contributed by atoms with Gasteiger partial charge in [-0.15, -0.1) is 0 Å². The Kier molecular flexibility index (Phi) is 3.56. The van der Waals surface area contributed by atoms with Crippen molar-refractivity contribution >= 4 is 11.9 Å². The molecular weight excluding hydrogens is 292 g/mol. The van der Waals surface area contributed by atoms with E-state index in [1.54, 1.807) is 12.4 Å². The molecule has 0 aromatic carbocycles. The molecule has 1 saturated carbocycles. The summed E-state index contributed by atoms with van der Waals surface area (Å²) in [6, 6.07) is 3.50. The Labute approximate surface area is 135 Å². The Hall–Kier alpha value is -1.95. The van der Waals surface area contributed by atoms with Crippen molar-refractivity contribution in [2.45, 2.75) is 31.2 Å². The van der Waals surface area contributed by atoms with Gasteiger partial charge in [0.1, 0.15) is 0 Å². The van der Waals surface area contributed by atoms with Crippen LogP contribution in [0.15, 0.2) is 24.5 Å². The third-order valence-corrected chi connectivity index (χ3v) is 5.34. The highest BCUT2D eigenvalue weighted by Gasteiger charge is 2.57. The topological polar surface area (TPSA) is 74.3 Å². The van der Waals surface area contributed by atoms with Crippen molar-refractivity contribution in [2.75, 3.05) is 19.6 Å². The van der Waals surface area contributed by atoms with E-state index in [1.165, 1.54) is 4.90 Å². The van der Waals surface area contributed by atoms with Gasteiger partial charge in [0.05, 0.1) is 0 Å². The van der Waals surface area contributed by atoms with Gasteiger partial charge >= 0.3 is 6.03 Å². The van der Waals surface area contributed by atoms with Crippen LogP contribution in [-0.2, 0) is 10.3 Å². The number of rotatable bonds is 4. The summed E-state index contributed by atoms with van der Waals surface area (Å²) in [5.41, 5.74) is -0.133. The van der Waals surface area contributed by atoms with Crippen LogP contribution in [0.5, 0.6) is 0 Å². The number of piperidine rings is 1. The molecule has 0 radical (unpaired) electrons. The van der Waals surface area contributed by atoms with Crippen LogP contribution in [0.2, 0.25) is 0 Å². The fourth-order valence-corrected chi connectivity index (χ4v) is 3.88. The Balaban J connectivity index is 1.73. The van der Waals surface area contributed by atoms with Gasteiger partial charge in [-0.3, -0.25) is 14.7 Å². The molecule has 3 amide bonds. The van der Waals surface area contributed by atoms with E-state index in [1.807, 2.05) is 12.1 Å². The van der Waals surface area contributed by atoms with E-state index in [0.717, 1.165) is 44.3 Å². The summed E-state index contributed by atoms with van der Waals surface area (Å²) in [6.45, 7) is 2.30. The lowest BCUT2D eigenvalue weighted by Gasteiger charge is -2.37. The molecule has 2 aliphatic heterocycles. The number of nitrogens with one attached hydrogen (secondary N) is 2. The number of hydrogen-bond acceptors (Lipinski definition) is 4. The number of urea groups is 1. The Morgan fingerprint density at radius 2 is 2.00 bits per heavy atom. The maximum Gasteiger partial charge on any atom is 0.325 e. The summed E-state index contributed by atoms with van der Waals surface area (Å²) in [5.74, 6) is 0.505. The molecule has 3 aliphatic rings. The second kappa shape index (κ2) is 5.60. The zero-order valence-electron chi connectivity index (χ0n) is 13.1. The number of nitrogens with zero attached hydrogens (tertiary/aromatic N) is 2. The number of amides is 3. The zero-order valence-corrected chi connectivity index (χ0v) is 13.1. The van der Waals surface area contributed by atoms with Gasteiger partial charge in [0.25, 0.3) is 5.91 Å². The van der Waals surface area contributed by atoms with E-state index in [-0.39, 0.29) is 17.9 Å². The van der Waals surface area contributed by atoms with Crippen molar-refractivity contribution in [1.82, 2.24) is 20.5 Å². The first kappa shape index (κ1) is 14.6. The predicted molar refractivity (Wildman–Crippen MR) is 84.5 cm³/mol. The molecule has 23 heavy (non-hydrogen) atoms. The molecule has 1 atom stereocenters. The van der Waals surface area contributed by atoms with Crippen molar-refractivity contribution in [2.24, 2.45) is 11.8 Å². The average Bonchev–Trinajstić information content (AvgIpc) is 3.38. The van der Waals surface area contributed by atoms with Crippen LogP contribution in [0.25, 0.3) is 0 Å². The van der Waals surface area contributed by atoms with E-state index in [0.29, 0.717) is 12.5 Å². The number of pyridine rings is 1. The van der Waals surface area contributed by atoms with E-state index in [2.05, 4.69) is 15.6 Å². The van der Waals surface area contributed by atoms with Gasteiger partial charge in [0.15, 0.2) is 5.54 Å². The van der Waals surface area contributed by atoms with Crippen LogP contribution in [0, 0.1) is 11.8 Å². The van der Waals surface area contributed by atoms with E-state index < -0.39 is 5.54 Å². The molecule has 2 saturated heterocycles. The fourth-order valence-electron chi connectivity index (χ4n) is 3.88. The van der Waals surface area contributed by atoms with E-state index >= 15 is 0 Å². The number of carbonyl (C=O) groups is 2. The molecule has 0 spiro atoms. The molecule has 6 nitrogen and oxygen atoms in total. The van der Waals surface area contributed by atoms with Gasteiger partial charge in [0.2, 0.25) is 0 Å². The molecule has 1 aromatic rings. The number of aromatic nitrogens is 1. The first-order valence-electron chi connectivity index (χ1n) is 8.47. The Bertz CT molecular complexity index is 610. The smallest absolute Gasteiger partial charge is 0.319 e. The average molecular weight is 314 g/mol. The monoisotopic (exact) mass is 314 g/mol. The summed E-state index contributed by atoms with van der Waals surface area (Å²) >= 11 is 0. The van der Waals surface area contributed by atoms with Crippen LogP contribution >= 0.6 is 0 Å². The highest BCUT2D eigenvalue weighted by atomic mass is 16.2. The Morgan fingerprint density at radius 3 is 2.65 bits per heavy atom. The van der Waals surface area contributed by atoms with E-state index in [9.17, 15) is 9.59 Å². The highest BCUT2D eigenvalue weighted by Crippen LogP contribution is 2.41. The van der Waals surface area contributed by atoms with Crippen LogP contribution in [0.1, 0.15) is 31.2 Å². The van der Waals surface area contributed by atoms with Crippen LogP contribution in [-0.4, -0.2) is 41.5 Å². The maximum atomic E-state index is 13.3. The second-order valence-electron chi connectivity index (χ2n) is 6.86. The minimum Gasteiger partial charge on any atom is -0.319 e. The van der Waals surface area contributed by atoms with Gasteiger partial charge in [-0.05, 0) is 56.7 Å². The van der Waals surface area contributed by atoms with Crippen LogP contribution < -0.4 is 10.6 Å². The number of hydrogen-bond donors (Lipinski definition) is 2. The first-order chi connectivity index (χ1) is 11.2. The summed E-state index contributed by atoms with van der Waals surface area (Å²) in [4.78, 5) is 31.5. The molecule has 4 rings (SSSR count). The summed E-state index contributed by atoms with van der Waals surface area (Å²) < 4.78 is 0. The summed E-state index contributed by atoms with van der Waals surface area (Å²) in [7, 11) is 0. The molecule has 1 aromatic heterocycles. The third-order valence-electron chi connectivity index (χ3n) is 5.34. The third kappa shape index (κ3) is 2.41.